The van der Waals surface area contributed by atoms with Gasteiger partial charge in [-0.2, -0.15) is 0 Å². The average molecular weight is 407 g/mol. The lowest BCUT2D eigenvalue weighted by molar-refractivity contribution is -0.157. The van der Waals surface area contributed by atoms with Crippen molar-refractivity contribution in [2.75, 3.05) is 20.2 Å². The van der Waals surface area contributed by atoms with Gasteiger partial charge < -0.3 is 9.84 Å². The van der Waals surface area contributed by atoms with Gasteiger partial charge in [-0.3, -0.25) is 10.3 Å². The highest BCUT2D eigenvalue weighted by Crippen LogP contribution is 2.45. The highest BCUT2D eigenvalue weighted by atomic mass is 16.5. The molecule has 0 amide bonds. The van der Waals surface area contributed by atoms with Crippen molar-refractivity contribution in [1.29, 1.82) is 0 Å². The van der Waals surface area contributed by atoms with Crippen LogP contribution in [0.2, 0.25) is 0 Å². The van der Waals surface area contributed by atoms with Gasteiger partial charge in [0.2, 0.25) is 0 Å². The molecule has 0 spiro atoms. The highest BCUT2D eigenvalue weighted by molar-refractivity contribution is 6.27. The maximum Gasteiger partial charge on any atom is 0.343 e. The van der Waals surface area contributed by atoms with Crippen molar-refractivity contribution < 1.29 is 19.4 Å². The fourth-order valence-corrected chi connectivity index (χ4v) is 5.10. The Hall–Kier alpha value is -1.69. The van der Waals surface area contributed by atoms with E-state index in [2.05, 4.69) is 31.1 Å². The fraction of sp³-hybridized carbons (Fsp3) is 0.783. The van der Waals surface area contributed by atoms with Crippen LogP contribution in [-0.2, 0) is 14.3 Å². The van der Waals surface area contributed by atoms with Gasteiger partial charge in [0, 0.05) is 12.5 Å². The summed E-state index contributed by atoms with van der Waals surface area (Å²) in [6, 6.07) is 0. The molecule has 2 aliphatic rings. The minimum Gasteiger partial charge on any atom is -0.479 e. The van der Waals surface area contributed by atoms with E-state index >= 15 is 0 Å². The first-order chi connectivity index (χ1) is 13.6. The third-order valence-electron chi connectivity index (χ3n) is 6.91. The van der Waals surface area contributed by atoms with Crippen LogP contribution in [0.1, 0.15) is 73.1 Å². The van der Waals surface area contributed by atoms with Gasteiger partial charge in [0.05, 0.1) is 12.8 Å². The number of esters is 1. The Kier molecular flexibility index (Phi) is 7.66. The van der Waals surface area contributed by atoms with Crippen molar-refractivity contribution in [1.82, 2.24) is 5.32 Å². The molecule has 1 aliphatic heterocycles. The smallest absolute Gasteiger partial charge is 0.343 e. The molecule has 0 aromatic rings. The first-order valence-electron chi connectivity index (χ1n) is 10.9. The van der Waals surface area contributed by atoms with Crippen LogP contribution in [0.15, 0.2) is 16.1 Å². The quantitative estimate of drug-likeness (QED) is 0.361. The van der Waals surface area contributed by atoms with E-state index in [1.807, 2.05) is 13.8 Å². The first kappa shape index (κ1) is 23.6. The van der Waals surface area contributed by atoms with Gasteiger partial charge >= 0.3 is 11.9 Å². The topological polar surface area (TPSA) is 88.0 Å². The standard InChI is InChI=1S/C23H38N2O4/c1-7-12-25-23(20(26)27,21(28)29-6)19-16(3)17(10-13-24-19)14-18-15(2)9-8-11-22(18,4)5/h16-17,25H,7-14H2,1-6H3,(H,26,27). The molecular formula is C23H38N2O4. The average Bonchev–Trinajstić information content (AvgIpc) is 2.66. The number of carbonyl (C=O) groups is 2. The van der Waals surface area contributed by atoms with Gasteiger partial charge in [0.1, 0.15) is 0 Å². The molecule has 1 heterocycles. The predicted octanol–water partition coefficient (Wildman–Crippen LogP) is 4.00. The second-order valence-electron chi connectivity index (χ2n) is 9.28. The summed E-state index contributed by atoms with van der Waals surface area (Å²) in [5, 5.41) is 13.1. The van der Waals surface area contributed by atoms with Crippen molar-refractivity contribution in [3.8, 4) is 0 Å². The Balaban J connectivity index is 2.39. The summed E-state index contributed by atoms with van der Waals surface area (Å²) in [6.45, 7) is 11.7. The maximum absolute atomic E-state index is 12.7. The number of aliphatic carboxylic acids is 1. The van der Waals surface area contributed by atoms with E-state index in [9.17, 15) is 14.7 Å². The normalized spacial score (nSPS) is 26.5. The minimum atomic E-state index is -1.91. The zero-order valence-corrected chi connectivity index (χ0v) is 18.9. The van der Waals surface area contributed by atoms with Gasteiger partial charge in [-0.15, -0.1) is 0 Å². The van der Waals surface area contributed by atoms with Crippen molar-refractivity contribution in [2.45, 2.75) is 78.7 Å². The largest absolute Gasteiger partial charge is 0.479 e. The summed E-state index contributed by atoms with van der Waals surface area (Å²) < 4.78 is 4.94. The van der Waals surface area contributed by atoms with Crippen LogP contribution in [0.25, 0.3) is 0 Å². The Bertz CT molecular complexity index is 695. The second-order valence-corrected chi connectivity index (χ2v) is 9.28. The number of hydrogen-bond donors (Lipinski definition) is 2. The summed E-state index contributed by atoms with van der Waals surface area (Å²) >= 11 is 0. The fourth-order valence-electron chi connectivity index (χ4n) is 5.10. The van der Waals surface area contributed by atoms with E-state index in [0.717, 1.165) is 19.3 Å². The summed E-state index contributed by atoms with van der Waals surface area (Å²) in [7, 11) is 1.23. The molecule has 3 unspecified atom stereocenters. The lowest BCUT2D eigenvalue weighted by Gasteiger charge is -2.41. The Morgan fingerprint density at radius 3 is 2.62 bits per heavy atom. The number of allylic oxidation sites excluding steroid dienone is 2. The van der Waals surface area contributed by atoms with Crippen molar-refractivity contribution in [3.05, 3.63) is 11.1 Å². The number of ether oxygens (including phenoxy) is 1. The maximum atomic E-state index is 12.7. The monoisotopic (exact) mass is 406 g/mol. The number of nitrogens with one attached hydrogen (secondary N) is 1. The Morgan fingerprint density at radius 2 is 2.07 bits per heavy atom. The van der Waals surface area contributed by atoms with Crippen molar-refractivity contribution in [2.24, 2.45) is 22.2 Å². The van der Waals surface area contributed by atoms with E-state index in [1.165, 1.54) is 31.1 Å². The summed E-state index contributed by atoms with van der Waals surface area (Å²) in [4.78, 5) is 29.7. The molecule has 6 heteroatoms. The Morgan fingerprint density at radius 1 is 1.38 bits per heavy atom. The third-order valence-corrected chi connectivity index (χ3v) is 6.91. The molecule has 2 N–H and O–H groups in total. The molecule has 0 saturated carbocycles. The zero-order valence-electron chi connectivity index (χ0n) is 18.9. The number of carboxylic acid groups (broad SMARTS) is 1. The molecule has 0 saturated heterocycles. The van der Waals surface area contributed by atoms with E-state index in [-0.39, 0.29) is 17.3 Å². The van der Waals surface area contributed by atoms with Gasteiger partial charge in [0.25, 0.3) is 5.54 Å². The van der Waals surface area contributed by atoms with E-state index in [1.54, 1.807) is 0 Å². The SMILES string of the molecule is CCCNC(C(=O)O)(C(=O)OC)C1=NCCC(CC2=C(C)CCCC2(C)C)C1C. The van der Waals surface area contributed by atoms with Crippen LogP contribution in [0.4, 0.5) is 0 Å². The second kappa shape index (κ2) is 9.41. The first-order valence-corrected chi connectivity index (χ1v) is 10.9. The molecule has 29 heavy (non-hydrogen) atoms. The van der Waals surface area contributed by atoms with Gasteiger partial charge in [-0.25, -0.2) is 9.59 Å². The van der Waals surface area contributed by atoms with Gasteiger partial charge in [-0.1, -0.05) is 38.8 Å². The summed E-state index contributed by atoms with van der Waals surface area (Å²) in [5.41, 5.74) is 1.65. The molecule has 164 valence electrons. The molecule has 6 nitrogen and oxygen atoms in total. The van der Waals surface area contributed by atoms with Crippen LogP contribution >= 0.6 is 0 Å². The van der Waals surface area contributed by atoms with Crippen molar-refractivity contribution in [3.63, 3.8) is 0 Å². The molecule has 0 aromatic heterocycles. The van der Waals surface area contributed by atoms with E-state index in [4.69, 9.17) is 4.74 Å². The number of carboxylic acids is 1. The Labute approximate surface area is 175 Å². The number of nitrogens with zero attached hydrogens (tertiary/aromatic N) is 1. The molecule has 1 aliphatic carbocycles. The lowest BCUT2D eigenvalue weighted by Crippen LogP contribution is -2.66. The number of hydrogen-bond acceptors (Lipinski definition) is 5. The van der Waals surface area contributed by atoms with E-state index < -0.39 is 17.5 Å². The molecule has 0 bridgehead atoms. The molecular weight excluding hydrogens is 368 g/mol. The molecule has 0 fully saturated rings. The van der Waals surface area contributed by atoms with Gasteiger partial charge in [-0.05, 0) is 63.3 Å². The van der Waals surface area contributed by atoms with Crippen molar-refractivity contribution >= 4 is 17.7 Å². The summed E-state index contributed by atoms with van der Waals surface area (Å²) in [6.07, 6.45) is 6.09. The molecule has 2 rings (SSSR count). The third kappa shape index (κ3) is 4.57. The summed E-state index contributed by atoms with van der Waals surface area (Å²) in [5.74, 6) is -1.89. The number of rotatable bonds is 8. The van der Waals surface area contributed by atoms with Crippen LogP contribution < -0.4 is 5.32 Å². The van der Waals surface area contributed by atoms with Gasteiger partial charge in [0.15, 0.2) is 0 Å². The molecule has 0 radical (unpaired) electrons. The van der Waals surface area contributed by atoms with E-state index in [0.29, 0.717) is 25.2 Å². The van der Waals surface area contributed by atoms with Crippen LogP contribution in [0.5, 0.6) is 0 Å². The predicted molar refractivity (Wildman–Crippen MR) is 115 cm³/mol. The van der Waals surface area contributed by atoms with Crippen LogP contribution in [0, 0.1) is 17.3 Å². The van der Waals surface area contributed by atoms with Crippen LogP contribution in [0.3, 0.4) is 0 Å². The zero-order chi connectivity index (χ0) is 21.8. The number of carbonyl (C=O) groups excluding carboxylic acids is 1. The van der Waals surface area contributed by atoms with Crippen LogP contribution in [-0.4, -0.2) is 48.5 Å². The highest BCUT2D eigenvalue weighted by Gasteiger charge is 2.55. The number of methoxy groups -OCH3 is 1. The molecule has 0 aromatic carbocycles. The lowest BCUT2D eigenvalue weighted by atomic mass is 9.66. The minimum absolute atomic E-state index is 0.124. The number of aliphatic imine (C=N–C) groups is 1. The molecule has 3 atom stereocenters.